The lowest BCUT2D eigenvalue weighted by molar-refractivity contribution is -0.0380. The average Bonchev–Trinajstić information content (AvgIpc) is 3.05. The van der Waals surface area contributed by atoms with Gasteiger partial charge >= 0.3 is 0 Å². The van der Waals surface area contributed by atoms with Crippen LogP contribution in [0.4, 0.5) is 0 Å². The molecule has 94 valence electrons. The van der Waals surface area contributed by atoms with Crippen LogP contribution in [0, 0.1) is 11.8 Å². The fourth-order valence-corrected chi connectivity index (χ4v) is 3.00. The average molecular weight is 225 g/mol. The van der Waals surface area contributed by atoms with Crippen molar-refractivity contribution in [3.63, 3.8) is 0 Å². The van der Waals surface area contributed by atoms with Gasteiger partial charge in [-0.25, -0.2) is 0 Å². The van der Waals surface area contributed by atoms with E-state index >= 15 is 0 Å². The summed E-state index contributed by atoms with van der Waals surface area (Å²) in [6, 6.07) is 0.656. The van der Waals surface area contributed by atoms with E-state index in [0.29, 0.717) is 6.04 Å². The fraction of sp³-hybridized carbons (Fsp3) is 1.00. The normalized spacial score (nSPS) is 37.7. The molecule has 2 rings (SSSR count). The fourth-order valence-electron chi connectivity index (χ4n) is 3.00. The summed E-state index contributed by atoms with van der Waals surface area (Å²) in [6.45, 7) is 5.49. The maximum absolute atomic E-state index is 10.6. The van der Waals surface area contributed by atoms with Crippen molar-refractivity contribution >= 4 is 0 Å². The van der Waals surface area contributed by atoms with Crippen molar-refractivity contribution < 1.29 is 5.11 Å². The Morgan fingerprint density at radius 2 is 1.81 bits per heavy atom. The van der Waals surface area contributed by atoms with Gasteiger partial charge in [-0.1, -0.05) is 6.92 Å². The Morgan fingerprint density at radius 1 is 1.25 bits per heavy atom. The Balaban J connectivity index is 1.82. The van der Waals surface area contributed by atoms with E-state index in [-0.39, 0.29) is 0 Å². The van der Waals surface area contributed by atoms with E-state index in [9.17, 15) is 5.11 Å². The van der Waals surface area contributed by atoms with E-state index in [0.717, 1.165) is 31.2 Å². The van der Waals surface area contributed by atoms with Gasteiger partial charge in [-0.05, 0) is 64.3 Å². The zero-order valence-electron chi connectivity index (χ0n) is 11.1. The molecule has 2 fully saturated rings. The number of rotatable bonds is 4. The van der Waals surface area contributed by atoms with E-state index < -0.39 is 5.60 Å². The van der Waals surface area contributed by atoms with Gasteiger partial charge in [-0.3, -0.25) is 0 Å². The van der Waals surface area contributed by atoms with Gasteiger partial charge in [0.15, 0.2) is 0 Å². The van der Waals surface area contributed by atoms with Gasteiger partial charge in [0.2, 0.25) is 0 Å². The first-order valence-corrected chi connectivity index (χ1v) is 6.93. The predicted molar refractivity (Wildman–Crippen MR) is 67.4 cm³/mol. The number of nitrogens with zero attached hydrogens (tertiary/aromatic N) is 1. The molecule has 2 nitrogen and oxygen atoms in total. The second kappa shape index (κ2) is 4.66. The minimum Gasteiger partial charge on any atom is -0.389 e. The molecule has 0 amide bonds. The Labute approximate surface area is 100 Å². The Kier molecular flexibility index (Phi) is 3.60. The molecule has 0 heterocycles. The summed E-state index contributed by atoms with van der Waals surface area (Å²) in [4.78, 5) is 2.38. The number of hydrogen-bond donors (Lipinski definition) is 1. The van der Waals surface area contributed by atoms with Crippen LogP contribution in [0.1, 0.15) is 52.4 Å². The largest absolute Gasteiger partial charge is 0.389 e. The van der Waals surface area contributed by atoms with Crippen molar-refractivity contribution in [2.45, 2.75) is 64.0 Å². The SMILES string of the molecule is CC1CCC(O)(CN(C)C(C)C2CC2)CC1. The molecule has 2 saturated carbocycles. The van der Waals surface area contributed by atoms with Crippen molar-refractivity contribution in [1.29, 1.82) is 0 Å². The number of likely N-dealkylation sites (N-methyl/N-ethyl adjacent to an activating group) is 1. The van der Waals surface area contributed by atoms with Gasteiger partial charge in [0.25, 0.3) is 0 Å². The van der Waals surface area contributed by atoms with Crippen molar-refractivity contribution in [3.05, 3.63) is 0 Å². The molecule has 2 aliphatic carbocycles. The third kappa shape index (κ3) is 2.98. The predicted octanol–water partition coefficient (Wildman–Crippen LogP) is 2.66. The molecule has 0 radical (unpaired) electrons. The molecule has 1 atom stereocenters. The molecular weight excluding hydrogens is 198 g/mol. The van der Waals surface area contributed by atoms with Crippen LogP contribution in [0.2, 0.25) is 0 Å². The molecule has 2 heteroatoms. The van der Waals surface area contributed by atoms with Crippen molar-refractivity contribution in [2.24, 2.45) is 11.8 Å². The van der Waals surface area contributed by atoms with Crippen LogP contribution in [0.15, 0.2) is 0 Å². The third-order valence-electron chi connectivity index (χ3n) is 4.75. The maximum Gasteiger partial charge on any atom is 0.0774 e. The standard InChI is InChI=1S/C14H27NO/c1-11-6-8-14(16,9-7-11)10-15(3)12(2)13-4-5-13/h11-13,16H,4-10H2,1-3H3. The second-order valence-corrected chi connectivity index (χ2v) is 6.40. The summed E-state index contributed by atoms with van der Waals surface area (Å²) < 4.78 is 0. The van der Waals surface area contributed by atoms with Gasteiger partial charge in [0.1, 0.15) is 0 Å². The zero-order valence-corrected chi connectivity index (χ0v) is 11.1. The lowest BCUT2D eigenvalue weighted by Gasteiger charge is -2.39. The molecule has 16 heavy (non-hydrogen) atoms. The maximum atomic E-state index is 10.6. The molecule has 1 N–H and O–H groups in total. The van der Waals surface area contributed by atoms with E-state index in [4.69, 9.17) is 0 Å². The van der Waals surface area contributed by atoms with Gasteiger partial charge in [-0.2, -0.15) is 0 Å². The molecule has 2 aliphatic rings. The van der Waals surface area contributed by atoms with Crippen molar-refractivity contribution in [1.82, 2.24) is 4.90 Å². The molecule has 0 bridgehead atoms. The van der Waals surface area contributed by atoms with Gasteiger partial charge < -0.3 is 10.0 Å². The summed E-state index contributed by atoms with van der Waals surface area (Å²) in [5, 5.41) is 10.6. The highest BCUT2D eigenvalue weighted by Gasteiger charge is 2.36. The first kappa shape index (κ1) is 12.4. The Morgan fingerprint density at radius 3 is 2.31 bits per heavy atom. The molecule has 0 aromatic carbocycles. The quantitative estimate of drug-likeness (QED) is 0.795. The summed E-state index contributed by atoms with van der Waals surface area (Å²) in [5.41, 5.74) is -0.398. The highest BCUT2D eigenvalue weighted by atomic mass is 16.3. The van der Waals surface area contributed by atoms with Crippen LogP contribution in [0.5, 0.6) is 0 Å². The Bertz CT molecular complexity index is 229. The molecule has 1 unspecified atom stereocenters. The lowest BCUT2D eigenvalue weighted by atomic mass is 9.79. The first-order chi connectivity index (χ1) is 7.50. The van der Waals surface area contributed by atoms with Gasteiger partial charge in [0, 0.05) is 12.6 Å². The summed E-state index contributed by atoms with van der Waals surface area (Å²) in [7, 11) is 2.18. The monoisotopic (exact) mass is 225 g/mol. The van der Waals surface area contributed by atoms with Crippen LogP contribution in [0.25, 0.3) is 0 Å². The third-order valence-corrected chi connectivity index (χ3v) is 4.75. The van der Waals surface area contributed by atoms with E-state index in [1.54, 1.807) is 0 Å². The van der Waals surface area contributed by atoms with E-state index in [2.05, 4.69) is 25.8 Å². The summed E-state index contributed by atoms with van der Waals surface area (Å²) in [6.07, 6.45) is 7.16. The zero-order chi connectivity index (χ0) is 11.8. The number of aliphatic hydroxyl groups is 1. The van der Waals surface area contributed by atoms with E-state index in [1.807, 2.05) is 0 Å². The van der Waals surface area contributed by atoms with Gasteiger partial charge in [0.05, 0.1) is 5.60 Å². The van der Waals surface area contributed by atoms with E-state index in [1.165, 1.54) is 25.7 Å². The number of hydrogen-bond acceptors (Lipinski definition) is 2. The highest BCUT2D eigenvalue weighted by molar-refractivity contribution is 4.91. The lowest BCUT2D eigenvalue weighted by Crippen LogP contribution is -2.47. The van der Waals surface area contributed by atoms with Crippen LogP contribution < -0.4 is 0 Å². The smallest absolute Gasteiger partial charge is 0.0774 e. The minimum absolute atomic E-state index is 0.398. The summed E-state index contributed by atoms with van der Waals surface area (Å²) in [5.74, 6) is 1.71. The summed E-state index contributed by atoms with van der Waals surface area (Å²) >= 11 is 0. The van der Waals surface area contributed by atoms with Crippen LogP contribution in [-0.4, -0.2) is 35.2 Å². The van der Waals surface area contributed by atoms with Gasteiger partial charge in [-0.15, -0.1) is 0 Å². The van der Waals surface area contributed by atoms with Crippen molar-refractivity contribution in [3.8, 4) is 0 Å². The van der Waals surface area contributed by atoms with Crippen LogP contribution in [-0.2, 0) is 0 Å². The molecule has 0 aliphatic heterocycles. The first-order valence-electron chi connectivity index (χ1n) is 6.93. The molecule has 0 aromatic heterocycles. The molecular formula is C14H27NO. The highest BCUT2D eigenvalue weighted by Crippen LogP contribution is 2.37. The van der Waals surface area contributed by atoms with Crippen LogP contribution in [0.3, 0.4) is 0 Å². The minimum atomic E-state index is -0.398. The van der Waals surface area contributed by atoms with Crippen molar-refractivity contribution in [2.75, 3.05) is 13.6 Å². The van der Waals surface area contributed by atoms with Crippen LogP contribution >= 0.6 is 0 Å². The Hall–Kier alpha value is -0.0800. The molecule has 0 aromatic rings. The topological polar surface area (TPSA) is 23.5 Å². The second-order valence-electron chi connectivity index (χ2n) is 6.40. The molecule has 0 spiro atoms. The molecule has 0 saturated heterocycles.